The van der Waals surface area contributed by atoms with E-state index < -0.39 is 0 Å². The number of rotatable bonds is 3. The molecule has 0 saturated carbocycles. The van der Waals surface area contributed by atoms with Crippen LogP contribution in [-0.4, -0.2) is 17.6 Å². The van der Waals surface area contributed by atoms with Crippen LogP contribution < -0.4 is 10.1 Å². The van der Waals surface area contributed by atoms with Crippen molar-refractivity contribution in [2.75, 3.05) is 6.54 Å². The number of pyridine rings is 1. The molecule has 0 bridgehead atoms. The smallest absolute Gasteiger partial charge is 0.145 e. The minimum absolute atomic E-state index is 0.543. The Labute approximate surface area is 114 Å². The van der Waals surface area contributed by atoms with Gasteiger partial charge in [0.25, 0.3) is 0 Å². The first-order chi connectivity index (χ1) is 9.36. The van der Waals surface area contributed by atoms with E-state index in [0.29, 0.717) is 6.04 Å². The van der Waals surface area contributed by atoms with Gasteiger partial charge in [-0.25, -0.2) is 0 Å². The second kappa shape index (κ2) is 5.57. The third-order valence-corrected chi connectivity index (χ3v) is 4.11. The molecular weight excluding hydrogens is 236 g/mol. The number of piperidine rings is 1. The van der Waals surface area contributed by atoms with E-state index in [-0.39, 0.29) is 0 Å². The fourth-order valence-electron chi connectivity index (χ4n) is 3.13. The Bertz CT molecular complexity index is 495. The average molecular weight is 256 g/mol. The van der Waals surface area contributed by atoms with Crippen LogP contribution in [0, 0.1) is 5.92 Å². The van der Waals surface area contributed by atoms with E-state index in [1.54, 1.807) is 6.20 Å². The summed E-state index contributed by atoms with van der Waals surface area (Å²) in [4.78, 5) is 4.25. The molecule has 1 N–H and O–H groups in total. The zero-order chi connectivity index (χ0) is 13.1. The number of hydrogen-bond donors (Lipinski definition) is 1. The van der Waals surface area contributed by atoms with E-state index >= 15 is 0 Å². The standard InChI is InChI=1S/C16H20N2O/c1-2-19-15-8-14(10-17-11-15)13-6-5-12-4-3-7-18-16(12)9-13/h2,8-12,16,18H,1,3-7H2. The van der Waals surface area contributed by atoms with Crippen molar-refractivity contribution in [3.05, 3.63) is 42.9 Å². The SMILES string of the molecule is C=COc1cncc(C2=CC3NCCCC3CC2)c1. The van der Waals surface area contributed by atoms with Crippen molar-refractivity contribution in [1.82, 2.24) is 10.3 Å². The molecule has 2 aliphatic rings. The van der Waals surface area contributed by atoms with E-state index in [2.05, 4.69) is 23.0 Å². The van der Waals surface area contributed by atoms with E-state index in [1.807, 2.05) is 12.3 Å². The van der Waals surface area contributed by atoms with Crippen molar-refractivity contribution < 1.29 is 4.74 Å². The Morgan fingerprint density at radius 3 is 3.21 bits per heavy atom. The summed E-state index contributed by atoms with van der Waals surface area (Å²) in [6.07, 6.45) is 12.6. The minimum Gasteiger partial charge on any atom is -0.464 e. The van der Waals surface area contributed by atoms with Crippen LogP contribution in [0.5, 0.6) is 5.75 Å². The predicted octanol–water partition coefficient (Wildman–Crippen LogP) is 3.15. The molecule has 100 valence electrons. The van der Waals surface area contributed by atoms with Gasteiger partial charge in [0.15, 0.2) is 0 Å². The van der Waals surface area contributed by atoms with Gasteiger partial charge in [0.05, 0.1) is 12.5 Å². The summed E-state index contributed by atoms with van der Waals surface area (Å²) in [5, 5.41) is 3.62. The zero-order valence-corrected chi connectivity index (χ0v) is 11.1. The number of hydrogen-bond acceptors (Lipinski definition) is 3. The van der Waals surface area contributed by atoms with Crippen LogP contribution in [0.25, 0.3) is 5.57 Å². The Morgan fingerprint density at radius 1 is 1.37 bits per heavy atom. The van der Waals surface area contributed by atoms with Crippen molar-refractivity contribution >= 4 is 5.57 Å². The van der Waals surface area contributed by atoms with Crippen LogP contribution in [0.2, 0.25) is 0 Å². The quantitative estimate of drug-likeness (QED) is 0.844. The van der Waals surface area contributed by atoms with Crippen LogP contribution in [0.15, 0.2) is 37.4 Å². The summed E-state index contributed by atoms with van der Waals surface area (Å²) in [6, 6.07) is 2.59. The molecule has 1 saturated heterocycles. The molecule has 1 aliphatic heterocycles. The summed E-state index contributed by atoms with van der Waals surface area (Å²) in [7, 11) is 0. The summed E-state index contributed by atoms with van der Waals surface area (Å²) in [5.41, 5.74) is 2.56. The summed E-state index contributed by atoms with van der Waals surface area (Å²) >= 11 is 0. The molecule has 0 radical (unpaired) electrons. The Hall–Kier alpha value is -1.61. The Morgan fingerprint density at radius 2 is 2.32 bits per heavy atom. The van der Waals surface area contributed by atoms with E-state index in [0.717, 1.165) is 24.6 Å². The van der Waals surface area contributed by atoms with Gasteiger partial charge in [-0.05, 0) is 55.3 Å². The van der Waals surface area contributed by atoms with Crippen molar-refractivity contribution in [3.63, 3.8) is 0 Å². The van der Waals surface area contributed by atoms with Gasteiger partial charge in [0, 0.05) is 12.2 Å². The molecule has 1 aromatic rings. The van der Waals surface area contributed by atoms with Gasteiger partial charge in [-0.1, -0.05) is 12.7 Å². The van der Waals surface area contributed by atoms with Crippen LogP contribution in [0.4, 0.5) is 0 Å². The summed E-state index contributed by atoms with van der Waals surface area (Å²) < 4.78 is 5.30. The maximum absolute atomic E-state index is 5.30. The largest absolute Gasteiger partial charge is 0.464 e. The highest BCUT2D eigenvalue weighted by Crippen LogP contribution is 2.34. The van der Waals surface area contributed by atoms with E-state index in [4.69, 9.17) is 4.74 Å². The second-order valence-electron chi connectivity index (χ2n) is 5.31. The van der Waals surface area contributed by atoms with Gasteiger partial charge in [-0.3, -0.25) is 4.98 Å². The monoisotopic (exact) mass is 256 g/mol. The van der Waals surface area contributed by atoms with Crippen LogP contribution in [0.1, 0.15) is 31.2 Å². The van der Waals surface area contributed by atoms with Gasteiger partial charge in [0.2, 0.25) is 0 Å². The molecule has 1 aliphatic carbocycles. The lowest BCUT2D eigenvalue weighted by Gasteiger charge is -2.35. The highest BCUT2D eigenvalue weighted by atomic mass is 16.5. The lowest BCUT2D eigenvalue weighted by molar-refractivity contribution is 0.298. The van der Waals surface area contributed by atoms with Gasteiger partial charge in [0.1, 0.15) is 5.75 Å². The molecule has 3 heteroatoms. The highest BCUT2D eigenvalue weighted by molar-refractivity contribution is 5.67. The van der Waals surface area contributed by atoms with Gasteiger partial charge < -0.3 is 10.1 Å². The van der Waals surface area contributed by atoms with Gasteiger partial charge >= 0.3 is 0 Å². The van der Waals surface area contributed by atoms with E-state index in [1.165, 1.54) is 36.7 Å². The molecule has 3 rings (SSSR count). The van der Waals surface area contributed by atoms with Gasteiger partial charge in [-0.2, -0.15) is 0 Å². The first-order valence-electron chi connectivity index (χ1n) is 7.04. The third-order valence-electron chi connectivity index (χ3n) is 4.11. The lowest BCUT2D eigenvalue weighted by atomic mass is 9.79. The topological polar surface area (TPSA) is 34.1 Å². The third kappa shape index (κ3) is 2.71. The molecule has 19 heavy (non-hydrogen) atoms. The zero-order valence-electron chi connectivity index (χ0n) is 11.1. The highest BCUT2D eigenvalue weighted by Gasteiger charge is 2.27. The Balaban J connectivity index is 1.83. The number of aromatic nitrogens is 1. The summed E-state index contributed by atoms with van der Waals surface area (Å²) in [5.74, 6) is 1.57. The lowest BCUT2D eigenvalue weighted by Crippen LogP contribution is -2.41. The Kier molecular flexibility index (Phi) is 3.65. The number of fused-ring (bicyclic) bond motifs is 1. The first-order valence-corrected chi connectivity index (χ1v) is 7.04. The first kappa shape index (κ1) is 12.4. The molecule has 2 heterocycles. The average Bonchev–Trinajstić information content (AvgIpc) is 2.47. The molecule has 2 atom stereocenters. The van der Waals surface area contributed by atoms with Crippen molar-refractivity contribution in [2.24, 2.45) is 5.92 Å². The molecule has 0 aromatic carbocycles. The molecular formula is C16H20N2O. The normalized spacial score (nSPS) is 26.2. The summed E-state index contributed by atoms with van der Waals surface area (Å²) in [6.45, 7) is 4.72. The number of nitrogens with zero attached hydrogens (tertiary/aromatic N) is 1. The number of allylic oxidation sites excluding steroid dienone is 1. The molecule has 1 fully saturated rings. The van der Waals surface area contributed by atoms with Crippen LogP contribution >= 0.6 is 0 Å². The van der Waals surface area contributed by atoms with Crippen molar-refractivity contribution in [2.45, 2.75) is 31.7 Å². The van der Waals surface area contributed by atoms with Crippen molar-refractivity contribution in [1.29, 1.82) is 0 Å². The molecule has 0 spiro atoms. The molecule has 3 nitrogen and oxygen atoms in total. The van der Waals surface area contributed by atoms with Crippen molar-refractivity contribution in [3.8, 4) is 5.75 Å². The molecule has 2 unspecified atom stereocenters. The second-order valence-corrected chi connectivity index (χ2v) is 5.31. The maximum atomic E-state index is 5.30. The predicted molar refractivity (Wildman–Crippen MR) is 76.8 cm³/mol. The van der Waals surface area contributed by atoms with Crippen LogP contribution in [-0.2, 0) is 0 Å². The minimum atomic E-state index is 0.543. The molecule has 0 amide bonds. The fraction of sp³-hybridized carbons (Fsp3) is 0.438. The van der Waals surface area contributed by atoms with E-state index in [9.17, 15) is 0 Å². The van der Waals surface area contributed by atoms with Crippen LogP contribution in [0.3, 0.4) is 0 Å². The van der Waals surface area contributed by atoms with Gasteiger partial charge in [-0.15, -0.1) is 0 Å². The molecule has 1 aromatic heterocycles. The number of nitrogens with one attached hydrogen (secondary N) is 1. The maximum Gasteiger partial charge on any atom is 0.145 e. The number of ether oxygens (including phenoxy) is 1. The fourth-order valence-corrected chi connectivity index (χ4v) is 3.13.